The van der Waals surface area contributed by atoms with Gasteiger partial charge in [0.15, 0.2) is 0 Å². The number of halogens is 2. The first kappa shape index (κ1) is 11.8. The van der Waals surface area contributed by atoms with Crippen LogP contribution in [0.1, 0.15) is 11.1 Å². The SMILES string of the molecule is COCc1cc(F)c(/C=C/CN)cc1F. The van der Waals surface area contributed by atoms with Gasteiger partial charge >= 0.3 is 0 Å². The molecule has 0 fully saturated rings. The van der Waals surface area contributed by atoms with Gasteiger partial charge in [-0.1, -0.05) is 12.2 Å². The second kappa shape index (κ2) is 5.58. The summed E-state index contributed by atoms with van der Waals surface area (Å²) in [5.41, 5.74) is 5.62. The van der Waals surface area contributed by atoms with E-state index in [1.807, 2.05) is 0 Å². The minimum Gasteiger partial charge on any atom is -0.380 e. The normalized spacial score (nSPS) is 11.2. The lowest BCUT2D eigenvalue weighted by Crippen LogP contribution is -1.97. The number of methoxy groups -OCH3 is 1. The Morgan fingerprint density at radius 2 is 2.07 bits per heavy atom. The highest BCUT2D eigenvalue weighted by atomic mass is 19.1. The van der Waals surface area contributed by atoms with Crippen molar-refractivity contribution in [2.75, 3.05) is 13.7 Å². The lowest BCUT2D eigenvalue weighted by Gasteiger charge is -2.04. The van der Waals surface area contributed by atoms with Gasteiger partial charge in [0.25, 0.3) is 0 Å². The first-order valence-electron chi connectivity index (χ1n) is 4.52. The van der Waals surface area contributed by atoms with Crippen LogP contribution in [0.4, 0.5) is 8.78 Å². The van der Waals surface area contributed by atoms with Gasteiger partial charge in [-0.3, -0.25) is 0 Å². The third-order valence-corrected chi connectivity index (χ3v) is 1.90. The molecule has 0 radical (unpaired) electrons. The first-order valence-corrected chi connectivity index (χ1v) is 4.52. The van der Waals surface area contributed by atoms with Crippen molar-refractivity contribution in [2.24, 2.45) is 5.73 Å². The summed E-state index contributed by atoms with van der Waals surface area (Å²) in [5, 5.41) is 0. The molecule has 0 aliphatic carbocycles. The van der Waals surface area contributed by atoms with Gasteiger partial charge in [-0.25, -0.2) is 8.78 Å². The molecular weight excluding hydrogens is 200 g/mol. The summed E-state index contributed by atoms with van der Waals surface area (Å²) in [4.78, 5) is 0. The predicted molar refractivity (Wildman–Crippen MR) is 55.2 cm³/mol. The van der Waals surface area contributed by atoms with E-state index in [4.69, 9.17) is 10.5 Å². The molecule has 0 bridgehead atoms. The molecule has 0 saturated heterocycles. The topological polar surface area (TPSA) is 35.2 Å². The van der Waals surface area contributed by atoms with Crippen LogP contribution in [0.25, 0.3) is 6.08 Å². The van der Waals surface area contributed by atoms with Crippen molar-refractivity contribution >= 4 is 6.08 Å². The maximum Gasteiger partial charge on any atom is 0.130 e. The van der Waals surface area contributed by atoms with Gasteiger partial charge in [-0.2, -0.15) is 0 Å². The number of hydrogen-bond donors (Lipinski definition) is 1. The fourth-order valence-electron chi connectivity index (χ4n) is 1.19. The van der Waals surface area contributed by atoms with Gasteiger partial charge in [0.2, 0.25) is 0 Å². The molecule has 1 rings (SSSR count). The van der Waals surface area contributed by atoms with E-state index >= 15 is 0 Å². The Bertz CT molecular complexity index is 364. The number of ether oxygens (including phenoxy) is 1. The molecule has 0 aliphatic heterocycles. The summed E-state index contributed by atoms with van der Waals surface area (Å²) in [6.45, 7) is 0.352. The molecule has 0 aliphatic rings. The minimum absolute atomic E-state index is 0.0592. The average Bonchev–Trinajstić information content (AvgIpc) is 2.21. The van der Waals surface area contributed by atoms with Crippen LogP contribution in [0.15, 0.2) is 18.2 Å². The monoisotopic (exact) mass is 213 g/mol. The fourth-order valence-corrected chi connectivity index (χ4v) is 1.19. The number of hydrogen-bond acceptors (Lipinski definition) is 2. The standard InChI is InChI=1S/C11H13F2NO/c1-15-7-9-6-10(12)8(3-2-4-14)5-11(9)13/h2-3,5-6H,4,7,14H2,1H3/b3-2+. The van der Waals surface area contributed by atoms with Gasteiger partial charge < -0.3 is 10.5 Å². The van der Waals surface area contributed by atoms with E-state index in [0.717, 1.165) is 12.1 Å². The predicted octanol–water partition coefficient (Wildman–Crippen LogP) is 2.08. The lowest BCUT2D eigenvalue weighted by molar-refractivity contribution is 0.181. The molecule has 1 aromatic carbocycles. The summed E-state index contributed by atoms with van der Waals surface area (Å²) in [7, 11) is 1.43. The van der Waals surface area contributed by atoms with Crippen molar-refractivity contribution < 1.29 is 13.5 Å². The molecule has 2 N–H and O–H groups in total. The van der Waals surface area contributed by atoms with Crippen LogP contribution in [0.2, 0.25) is 0 Å². The summed E-state index contributed by atoms with van der Waals surface area (Å²) in [5.74, 6) is -0.955. The number of nitrogens with two attached hydrogens (primary N) is 1. The Kier molecular flexibility index (Phi) is 4.39. The van der Waals surface area contributed by atoms with Crippen LogP contribution >= 0.6 is 0 Å². The minimum atomic E-state index is -0.479. The summed E-state index contributed by atoms with van der Waals surface area (Å²) < 4.78 is 31.4. The maximum atomic E-state index is 13.4. The fraction of sp³-hybridized carbons (Fsp3) is 0.273. The summed E-state index contributed by atoms with van der Waals surface area (Å²) in [6.07, 6.45) is 3.02. The van der Waals surface area contributed by atoms with E-state index in [0.29, 0.717) is 6.54 Å². The Labute approximate surface area is 87.4 Å². The number of rotatable bonds is 4. The third-order valence-electron chi connectivity index (χ3n) is 1.90. The zero-order chi connectivity index (χ0) is 11.3. The molecule has 0 spiro atoms. The van der Waals surface area contributed by atoms with Gasteiger partial charge in [0.05, 0.1) is 6.61 Å². The molecular formula is C11H13F2NO. The molecule has 0 saturated carbocycles. The van der Waals surface area contributed by atoms with Crippen molar-refractivity contribution in [3.63, 3.8) is 0 Å². The second-order valence-corrected chi connectivity index (χ2v) is 3.04. The van der Waals surface area contributed by atoms with Crippen LogP contribution in [-0.2, 0) is 11.3 Å². The van der Waals surface area contributed by atoms with Crippen molar-refractivity contribution in [1.82, 2.24) is 0 Å². The molecule has 1 aromatic rings. The van der Waals surface area contributed by atoms with E-state index in [2.05, 4.69) is 0 Å². The van der Waals surface area contributed by atoms with E-state index in [1.165, 1.54) is 13.2 Å². The Morgan fingerprint density at radius 1 is 1.33 bits per heavy atom. The third kappa shape index (κ3) is 3.11. The molecule has 4 heteroatoms. The van der Waals surface area contributed by atoms with Crippen LogP contribution < -0.4 is 5.73 Å². The van der Waals surface area contributed by atoms with Crippen molar-refractivity contribution in [1.29, 1.82) is 0 Å². The molecule has 2 nitrogen and oxygen atoms in total. The Morgan fingerprint density at radius 3 is 2.67 bits per heavy atom. The Hall–Kier alpha value is -1.26. The maximum absolute atomic E-state index is 13.4. The zero-order valence-electron chi connectivity index (χ0n) is 8.47. The van der Waals surface area contributed by atoms with Gasteiger partial charge in [-0.15, -0.1) is 0 Å². The quantitative estimate of drug-likeness (QED) is 0.831. The highest BCUT2D eigenvalue weighted by Gasteiger charge is 2.07. The molecule has 82 valence electrons. The van der Waals surface area contributed by atoms with E-state index in [1.54, 1.807) is 6.08 Å². The first-order chi connectivity index (χ1) is 7.19. The van der Waals surface area contributed by atoms with Gasteiger partial charge in [0, 0.05) is 24.8 Å². The molecule has 0 unspecified atom stereocenters. The van der Waals surface area contributed by atoms with E-state index < -0.39 is 11.6 Å². The molecule has 15 heavy (non-hydrogen) atoms. The highest BCUT2D eigenvalue weighted by molar-refractivity contribution is 5.51. The Balaban J connectivity index is 3.02. The van der Waals surface area contributed by atoms with Crippen molar-refractivity contribution in [3.05, 3.63) is 41.0 Å². The highest BCUT2D eigenvalue weighted by Crippen LogP contribution is 2.16. The van der Waals surface area contributed by atoms with Crippen LogP contribution in [-0.4, -0.2) is 13.7 Å². The summed E-state index contributed by atoms with van der Waals surface area (Å²) >= 11 is 0. The van der Waals surface area contributed by atoms with E-state index in [9.17, 15) is 8.78 Å². The van der Waals surface area contributed by atoms with Crippen LogP contribution in [0.3, 0.4) is 0 Å². The molecule has 0 amide bonds. The van der Waals surface area contributed by atoms with Gasteiger partial charge in [0.1, 0.15) is 11.6 Å². The molecule has 0 heterocycles. The van der Waals surface area contributed by atoms with Crippen molar-refractivity contribution in [3.8, 4) is 0 Å². The zero-order valence-corrected chi connectivity index (χ0v) is 8.47. The van der Waals surface area contributed by atoms with Crippen LogP contribution in [0.5, 0.6) is 0 Å². The smallest absolute Gasteiger partial charge is 0.130 e. The average molecular weight is 213 g/mol. The lowest BCUT2D eigenvalue weighted by atomic mass is 10.1. The van der Waals surface area contributed by atoms with Crippen LogP contribution in [0, 0.1) is 11.6 Å². The summed E-state index contributed by atoms with van der Waals surface area (Å²) in [6, 6.07) is 2.27. The molecule has 0 atom stereocenters. The van der Waals surface area contributed by atoms with Crippen molar-refractivity contribution in [2.45, 2.75) is 6.61 Å². The number of benzene rings is 1. The van der Waals surface area contributed by atoms with Gasteiger partial charge in [-0.05, 0) is 12.1 Å². The largest absolute Gasteiger partial charge is 0.380 e. The molecule has 0 aromatic heterocycles. The van der Waals surface area contributed by atoms with E-state index in [-0.39, 0.29) is 17.7 Å². The second-order valence-electron chi connectivity index (χ2n) is 3.04.